The standard InChI is InChI=1S/C48H30/c1-2-14-33-28-34(25-24-31(33)12-1)35-26-27-44-46(29-35)47(41-23-11-16-32-13-3-5-17-37(32)41)42-21-9-10-22-43(42)48(44)45-30-36-15-4-6-18-38(36)39-19-7-8-20-40(39)45/h1-30H. The highest BCUT2D eigenvalue weighted by atomic mass is 14.2. The van der Waals surface area contributed by atoms with Crippen LogP contribution in [0.1, 0.15) is 0 Å². The lowest BCUT2D eigenvalue weighted by Crippen LogP contribution is -1.93. The molecule has 0 N–H and O–H groups in total. The fourth-order valence-corrected chi connectivity index (χ4v) is 8.01. The summed E-state index contributed by atoms with van der Waals surface area (Å²) < 4.78 is 0. The molecule has 0 amide bonds. The molecular weight excluding hydrogens is 577 g/mol. The molecule has 0 heterocycles. The highest BCUT2D eigenvalue weighted by molar-refractivity contribution is 6.27. The number of hydrogen-bond acceptors (Lipinski definition) is 0. The van der Waals surface area contributed by atoms with Crippen LogP contribution >= 0.6 is 0 Å². The number of rotatable bonds is 3. The third kappa shape index (κ3) is 4.10. The summed E-state index contributed by atoms with van der Waals surface area (Å²) in [6.07, 6.45) is 0. The zero-order valence-corrected chi connectivity index (χ0v) is 26.3. The summed E-state index contributed by atoms with van der Waals surface area (Å²) in [4.78, 5) is 0. The fourth-order valence-electron chi connectivity index (χ4n) is 8.01. The number of benzene rings is 10. The first kappa shape index (κ1) is 26.9. The molecule has 0 bridgehead atoms. The third-order valence-electron chi connectivity index (χ3n) is 10.2. The van der Waals surface area contributed by atoms with Crippen molar-refractivity contribution in [3.05, 3.63) is 182 Å². The summed E-state index contributed by atoms with van der Waals surface area (Å²) >= 11 is 0. The van der Waals surface area contributed by atoms with E-state index in [1.165, 1.54) is 98.0 Å². The van der Waals surface area contributed by atoms with Gasteiger partial charge in [-0.1, -0.05) is 164 Å². The van der Waals surface area contributed by atoms with Gasteiger partial charge in [-0.2, -0.15) is 0 Å². The van der Waals surface area contributed by atoms with Crippen molar-refractivity contribution in [2.45, 2.75) is 0 Å². The van der Waals surface area contributed by atoms with Crippen LogP contribution in [0, 0.1) is 0 Å². The van der Waals surface area contributed by atoms with Crippen molar-refractivity contribution in [1.29, 1.82) is 0 Å². The fraction of sp³-hybridized carbons (Fsp3) is 0. The molecule has 10 rings (SSSR count). The molecule has 10 aromatic carbocycles. The van der Waals surface area contributed by atoms with Gasteiger partial charge in [-0.05, 0) is 116 Å². The Morgan fingerprint density at radius 3 is 1.52 bits per heavy atom. The van der Waals surface area contributed by atoms with Crippen molar-refractivity contribution >= 4 is 64.6 Å². The van der Waals surface area contributed by atoms with E-state index < -0.39 is 0 Å². The van der Waals surface area contributed by atoms with E-state index in [-0.39, 0.29) is 0 Å². The van der Waals surface area contributed by atoms with Gasteiger partial charge >= 0.3 is 0 Å². The number of fused-ring (bicyclic) bond motifs is 7. The largest absolute Gasteiger partial charge is 0.0616 e. The molecule has 0 aromatic heterocycles. The average molecular weight is 607 g/mol. The first-order valence-corrected chi connectivity index (χ1v) is 16.7. The third-order valence-corrected chi connectivity index (χ3v) is 10.2. The topological polar surface area (TPSA) is 0 Å². The minimum absolute atomic E-state index is 1.22. The van der Waals surface area contributed by atoms with Gasteiger partial charge in [0.25, 0.3) is 0 Å². The predicted octanol–water partition coefficient (Wildman–Crippen LogP) is 13.6. The molecule has 0 saturated carbocycles. The Labute approximate surface area is 279 Å². The molecule has 0 aliphatic carbocycles. The second-order valence-corrected chi connectivity index (χ2v) is 12.8. The molecule has 0 unspecified atom stereocenters. The van der Waals surface area contributed by atoms with E-state index in [0.29, 0.717) is 0 Å². The normalized spacial score (nSPS) is 11.8. The summed E-state index contributed by atoms with van der Waals surface area (Å²) in [6.45, 7) is 0. The zero-order chi connectivity index (χ0) is 31.6. The van der Waals surface area contributed by atoms with E-state index in [1.54, 1.807) is 0 Å². The summed E-state index contributed by atoms with van der Waals surface area (Å²) in [7, 11) is 0. The summed E-state index contributed by atoms with van der Waals surface area (Å²) in [5, 5.41) is 15.2. The van der Waals surface area contributed by atoms with Crippen LogP contribution in [0.3, 0.4) is 0 Å². The minimum atomic E-state index is 1.22. The van der Waals surface area contributed by atoms with Crippen molar-refractivity contribution in [1.82, 2.24) is 0 Å². The van der Waals surface area contributed by atoms with Crippen molar-refractivity contribution < 1.29 is 0 Å². The van der Waals surface area contributed by atoms with E-state index in [2.05, 4.69) is 182 Å². The van der Waals surface area contributed by atoms with Gasteiger partial charge < -0.3 is 0 Å². The molecule has 222 valence electrons. The second-order valence-electron chi connectivity index (χ2n) is 12.8. The van der Waals surface area contributed by atoms with Gasteiger partial charge in [0.1, 0.15) is 0 Å². The van der Waals surface area contributed by atoms with Crippen molar-refractivity contribution in [3.8, 4) is 33.4 Å². The predicted molar refractivity (Wildman–Crippen MR) is 208 cm³/mol. The molecular formula is C48H30. The van der Waals surface area contributed by atoms with Gasteiger partial charge in [-0.3, -0.25) is 0 Å². The quantitative estimate of drug-likeness (QED) is 0.139. The first-order valence-electron chi connectivity index (χ1n) is 16.7. The van der Waals surface area contributed by atoms with Gasteiger partial charge in [-0.15, -0.1) is 0 Å². The van der Waals surface area contributed by atoms with Crippen LogP contribution in [0.4, 0.5) is 0 Å². The summed E-state index contributed by atoms with van der Waals surface area (Å²) in [5.74, 6) is 0. The molecule has 0 atom stereocenters. The molecule has 0 spiro atoms. The Hall–Kier alpha value is -6.24. The first-order chi connectivity index (χ1) is 23.8. The molecule has 0 heteroatoms. The Morgan fingerprint density at radius 2 is 0.729 bits per heavy atom. The smallest absolute Gasteiger partial charge is 0.00199 e. The van der Waals surface area contributed by atoms with Crippen LogP contribution in [0.25, 0.3) is 98.0 Å². The lowest BCUT2D eigenvalue weighted by molar-refractivity contribution is 1.66. The summed E-state index contributed by atoms with van der Waals surface area (Å²) in [5.41, 5.74) is 7.56. The average Bonchev–Trinajstić information content (AvgIpc) is 3.16. The van der Waals surface area contributed by atoms with Gasteiger partial charge in [0.2, 0.25) is 0 Å². The zero-order valence-electron chi connectivity index (χ0n) is 26.3. The van der Waals surface area contributed by atoms with E-state index in [4.69, 9.17) is 0 Å². The van der Waals surface area contributed by atoms with Crippen LogP contribution < -0.4 is 0 Å². The lowest BCUT2D eigenvalue weighted by atomic mass is 9.82. The maximum absolute atomic E-state index is 2.44. The van der Waals surface area contributed by atoms with Crippen LogP contribution in [-0.4, -0.2) is 0 Å². The molecule has 0 aliphatic rings. The van der Waals surface area contributed by atoms with E-state index in [0.717, 1.165) is 0 Å². The van der Waals surface area contributed by atoms with Crippen LogP contribution in [0.5, 0.6) is 0 Å². The molecule has 0 saturated heterocycles. The molecule has 0 aliphatic heterocycles. The molecule has 0 nitrogen and oxygen atoms in total. The Kier molecular flexibility index (Phi) is 5.98. The van der Waals surface area contributed by atoms with Crippen molar-refractivity contribution in [2.75, 3.05) is 0 Å². The lowest BCUT2D eigenvalue weighted by Gasteiger charge is -2.21. The maximum Gasteiger partial charge on any atom is -0.00199 e. The van der Waals surface area contributed by atoms with E-state index in [9.17, 15) is 0 Å². The second kappa shape index (κ2) is 10.7. The highest BCUT2D eigenvalue weighted by Gasteiger charge is 2.20. The van der Waals surface area contributed by atoms with Crippen LogP contribution in [-0.2, 0) is 0 Å². The molecule has 10 aromatic rings. The van der Waals surface area contributed by atoms with Gasteiger partial charge in [0.15, 0.2) is 0 Å². The maximum atomic E-state index is 2.44. The van der Waals surface area contributed by atoms with Gasteiger partial charge in [0, 0.05) is 0 Å². The Balaban J connectivity index is 1.38. The Bertz CT molecular complexity index is 2890. The van der Waals surface area contributed by atoms with Crippen LogP contribution in [0.2, 0.25) is 0 Å². The summed E-state index contributed by atoms with van der Waals surface area (Å²) in [6, 6.07) is 67.2. The van der Waals surface area contributed by atoms with Crippen molar-refractivity contribution in [3.63, 3.8) is 0 Å². The van der Waals surface area contributed by atoms with Gasteiger partial charge in [0.05, 0.1) is 0 Å². The highest BCUT2D eigenvalue weighted by Crippen LogP contribution is 2.48. The van der Waals surface area contributed by atoms with E-state index in [1.807, 2.05) is 0 Å². The molecule has 0 radical (unpaired) electrons. The van der Waals surface area contributed by atoms with E-state index >= 15 is 0 Å². The van der Waals surface area contributed by atoms with Crippen LogP contribution in [0.15, 0.2) is 182 Å². The van der Waals surface area contributed by atoms with Crippen molar-refractivity contribution in [2.24, 2.45) is 0 Å². The van der Waals surface area contributed by atoms with Gasteiger partial charge in [-0.25, -0.2) is 0 Å². The monoisotopic (exact) mass is 606 g/mol. The molecule has 0 fully saturated rings. The molecule has 48 heavy (non-hydrogen) atoms. The minimum Gasteiger partial charge on any atom is -0.0616 e. The SMILES string of the molecule is c1ccc2cc(-c3ccc4c(-c5cc6ccccc6c6ccccc56)c5ccccc5c(-c5cccc6ccccc56)c4c3)ccc2c1. The Morgan fingerprint density at radius 1 is 0.208 bits per heavy atom. The number of hydrogen-bond donors (Lipinski definition) is 0.